The summed E-state index contributed by atoms with van der Waals surface area (Å²) in [4.78, 5) is 0. The SMILES string of the molecule is COc1ccc(-c2c/c(=N/Nc3ccccc3)c3cc(C)ccc3o2)cc1. The number of hydrogen-bond donors (Lipinski definition) is 1. The van der Waals surface area contributed by atoms with Gasteiger partial charge in [0, 0.05) is 17.0 Å². The van der Waals surface area contributed by atoms with Crippen molar-refractivity contribution in [2.24, 2.45) is 5.10 Å². The number of ether oxygens (including phenoxy) is 1. The van der Waals surface area contributed by atoms with Gasteiger partial charge in [0.05, 0.1) is 18.2 Å². The van der Waals surface area contributed by atoms with Gasteiger partial charge in [-0.1, -0.05) is 29.8 Å². The van der Waals surface area contributed by atoms with Crippen LogP contribution in [0.5, 0.6) is 5.75 Å². The fourth-order valence-electron chi connectivity index (χ4n) is 2.91. The van der Waals surface area contributed by atoms with Crippen molar-refractivity contribution >= 4 is 16.7 Å². The highest BCUT2D eigenvalue weighted by Gasteiger charge is 2.07. The molecule has 0 fully saturated rings. The lowest BCUT2D eigenvalue weighted by Gasteiger charge is -2.07. The predicted octanol–water partition coefficient (Wildman–Crippen LogP) is 5.34. The molecule has 0 spiro atoms. The standard InChI is InChI=1S/C23H20N2O2/c1-16-8-13-22-20(14-16)21(25-24-18-6-4-3-5-7-18)15-23(27-22)17-9-11-19(26-2)12-10-17/h3-15,24H,1-2H3/b25-21-. The van der Waals surface area contributed by atoms with E-state index in [0.29, 0.717) is 0 Å². The van der Waals surface area contributed by atoms with E-state index in [2.05, 4.69) is 23.5 Å². The Morgan fingerprint density at radius 1 is 0.889 bits per heavy atom. The quantitative estimate of drug-likeness (QED) is 0.502. The zero-order valence-electron chi connectivity index (χ0n) is 15.3. The van der Waals surface area contributed by atoms with Gasteiger partial charge in [-0.2, -0.15) is 5.10 Å². The van der Waals surface area contributed by atoms with E-state index in [1.807, 2.05) is 72.8 Å². The third-order valence-corrected chi connectivity index (χ3v) is 4.35. The van der Waals surface area contributed by atoms with Crippen LogP contribution in [0.15, 0.2) is 88.4 Å². The maximum Gasteiger partial charge on any atom is 0.136 e. The molecule has 0 saturated carbocycles. The molecule has 0 atom stereocenters. The molecule has 4 nitrogen and oxygen atoms in total. The smallest absolute Gasteiger partial charge is 0.136 e. The van der Waals surface area contributed by atoms with Crippen molar-refractivity contribution in [1.82, 2.24) is 0 Å². The first-order valence-corrected chi connectivity index (χ1v) is 8.77. The molecule has 1 N–H and O–H groups in total. The number of benzene rings is 3. The fraction of sp³-hybridized carbons (Fsp3) is 0.0870. The van der Waals surface area contributed by atoms with Crippen molar-refractivity contribution in [2.45, 2.75) is 6.92 Å². The average molecular weight is 356 g/mol. The highest BCUT2D eigenvalue weighted by molar-refractivity contribution is 5.79. The maximum absolute atomic E-state index is 6.14. The lowest BCUT2D eigenvalue weighted by Crippen LogP contribution is -2.07. The Labute approximate surface area is 157 Å². The molecule has 0 bridgehead atoms. The Morgan fingerprint density at radius 2 is 1.67 bits per heavy atom. The van der Waals surface area contributed by atoms with Crippen LogP contribution in [-0.2, 0) is 0 Å². The third-order valence-electron chi connectivity index (χ3n) is 4.35. The normalized spacial score (nSPS) is 11.6. The van der Waals surface area contributed by atoms with Gasteiger partial charge in [0.2, 0.25) is 0 Å². The van der Waals surface area contributed by atoms with Crippen LogP contribution in [0.4, 0.5) is 5.69 Å². The molecule has 0 unspecified atom stereocenters. The largest absolute Gasteiger partial charge is 0.497 e. The van der Waals surface area contributed by atoms with Gasteiger partial charge in [-0.25, -0.2) is 0 Å². The van der Waals surface area contributed by atoms with Gasteiger partial charge >= 0.3 is 0 Å². The molecule has 4 heteroatoms. The zero-order valence-corrected chi connectivity index (χ0v) is 15.3. The Bertz CT molecular complexity index is 1130. The summed E-state index contributed by atoms with van der Waals surface area (Å²) >= 11 is 0. The van der Waals surface area contributed by atoms with Gasteiger partial charge in [-0.15, -0.1) is 0 Å². The second-order valence-electron chi connectivity index (χ2n) is 6.31. The molecular weight excluding hydrogens is 336 g/mol. The molecule has 0 aliphatic rings. The predicted molar refractivity (Wildman–Crippen MR) is 109 cm³/mol. The van der Waals surface area contributed by atoms with Crippen molar-refractivity contribution in [3.05, 3.63) is 89.8 Å². The zero-order chi connectivity index (χ0) is 18.6. The first kappa shape index (κ1) is 16.9. The van der Waals surface area contributed by atoms with Crippen molar-refractivity contribution in [3.63, 3.8) is 0 Å². The molecule has 0 amide bonds. The summed E-state index contributed by atoms with van der Waals surface area (Å²) in [5.41, 5.74) is 6.99. The van der Waals surface area contributed by atoms with E-state index in [-0.39, 0.29) is 0 Å². The fourth-order valence-corrected chi connectivity index (χ4v) is 2.91. The van der Waals surface area contributed by atoms with Gasteiger partial charge in [0.25, 0.3) is 0 Å². The minimum Gasteiger partial charge on any atom is -0.497 e. The van der Waals surface area contributed by atoms with Gasteiger partial charge in [-0.05, 0) is 55.5 Å². The van der Waals surface area contributed by atoms with Crippen LogP contribution in [0, 0.1) is 6.92 Å². The Hall–Kier alpha value is -3.53. The molecule has 3 aromatic carbocycles. The van der Waals surface area contributed by atoms with Crippen molar-refractivity contribution < 1.29 is 9.15 Å². The van der Waals surface area contributed by atoms with Gasteiger partial charge in [0.1, 0.15) is 17.1 Å². The monoisotopic (exact) mass is 356 g/mol. The molecular formula is C23H20N2O2. The summed E-state index contributed by atoms with van der Waals surface area (Å²) in [6.45, 7) is 2.06. The van der Waals surface area contributed by atoms with E-state index >= 15 is 0 Å². The lowest BCUT2D eigenvalue weighted by atomic mass is 10.1. The van der Waals surface area contributed by atoms with Crippen LogP contribution in [0.25, 0.3) is 22.3 Å². The summed E-state index contributed by atoms with van der Waals surface area (Å²) in [5.74, 6) is 1.56. The van der Waals surface area contributed by atoms with Gasteiger partial charge in [-0.3, -0.25) is 5.43 Å². The average Bonchev–Trinajstić information content (AvgIpc) is 2.73. The van der Waals surface area contributed by atoms with Crippen LogP contribution < -0.4 is 15.5 Å². The number of rotatable bonds is 4. The summed E-state index contributed by atoms with van der Waals surface area (Å²) in [6, 6.07) is 25.8. The first-order valence-electron chi connectivity index (χ1n) is 8.77. The number of nitrogens with one attached hydrogen (secondary N) is 1. The van der Waals surface area contributed by atoms with Crippen LogP contribution in [-0.4, -0.2) is 7.11 Å². The number of fused-ring (bicyclic) bond motifs is 1. The molecule has 1 heterocycles. The molecule has 1 aromatic heterocycles. The van der Waals surface area contributed by atoms with Gasteiger partial charge in [0.15, 0.2) is 0 Å². The Morgan fingerprint density at radius 3 is 2.41 bits per heavy atom. The topological polar surface area (TPSA) is 46.8 Å². The van der Waals surface area contributed by atoms with Crippen molar-refractivity contribution in [1.29, 1.82) is 0 Å². The van der Waals surface area contributed by atoms with Crippen molar-refractivity contribution in [3.8, 4) is 17.1 Å². The highest BCUT2D eigenvalue weighted by atomic mass is 16.5. The number of hydrogen-bond acceptors (Lipinski definition) is 4. The summed E-state index contributed by atoms with van der Waals surface area (Å²) in [7, 11) is 1.66. The van der Waals surface area contributed by atoms with E-state index in [0.717, 1.165) is 44.7 Å². The Kier molecular flexibility index (Phi) is 4.62. The summed E-state index contributed by atoms with van der Waals surface area (Å²) in [5, 5.41) is 6.43. The second kappa shape index (κ2) is 7.38. The van der Waals surface area contributed by atoms with E-state index in [9.17, 15) is 0 Å². The number of para-hydroxylation sites is 1. The highest BCUT2D eigenvalue weighted by Crippen LogP contribution is 2.24. The van der Waals surface area contributed by atoms with Crippen LogP contribution in [0.3, 0.4) is 0 Å². The number of anilines is 1. The number of methoxy groups -OCH3 is 1. The molecule has 134 valence electrons. The van der Waals surface area contributed by atoms with E-state index < -0.39 is 0 Å². The van der Waals surface area contributed by atoms with E-state index in [1.54, 1.807) is 7.11 Å². The summed E-state index contributed by atoms with van der Waals surface area (Å²) < 4.78 is 11.4. The van der Waals surface area contributed by atoms with Gasteiger partial charge < -0.3 is 9.15 Å². The molecule has 27 heavy (non-hydrogen) atoms. The molecule has 0 aliphatic heterocycles. The Balaban J connectivity index is 1.85. The van der Waals surface area contributed by atoms with Crippen LogP contribution in [0.1, 0.15) is 5.56 Å². The van der Waals surface area contributed by atoms with Crippen LogP contribution in [0.2, 0.25) is 0 Å². The molecule has 0 radical (unpaired) electrons. The minimum atomic E-state index is 0.752. The van der Waals surface area contributed by atoms with Crippen molar-refractivity contribution in [2.75, 3.05) is 12.5 Å². The lowest BCUT2D eigenvalue weighted by molar-refractivity contribution is 0.415. The number of nitrogens with zero attached hydrogens (tertiary/aromatic N) is 1. The van der Waals surface area contributed by atoms with Crippen LogP contribution >= 0.6 is 0 Å². The molecule has 4 rings (SSSR count). The minimum absolute atomic E-state index is 0.752. The third kappa shape index (κ3) is 3.70. The van der Waals surface area contributed by atoms with E-state index in [1.165, 1.54) is 0 Å². The second-order valence-corrected chi connectivity index (χ2v) is 6.31. The maximum atomic E-state index is 6.14. The first-order chi connectivity index (χ1) is 13.2. The molecule has 0 saturated heterocycles. The summed E-state index contributed by atoms with van der Waals surface area (Å²) in [6.07, 6.45) is 0. The number of aryl methyl sites for hydroxylation is 1. The molecule has 0 aliphatic carbocycles. The van der Waals surface area contributed by atoms with E-state index in [4.69, 9.17) is 9.15 Å². The molecule has 4 aromatic rings.